The predicted molar refractivity (Wildman–Crippen MR) is 113 cm³/mol. The molecule has 4 rings (SSSR count). The van der Waals surface area contributed by atoms with E-state index in [4.69, 9.17) is 9.47 Å². The summed E-state index contributed by atoms with van der Waals surface area (Å²) in [6.07, 6.45) is 2.01. The molecule has 0 bridgehead atoms. The van der Waals surface area contributed by atoms with Crippen LogP contribution < -0.4 is 9.64 Å². The molecule has 0 spiro atoms. The summed E-state index contributed by atoms with van der Waals surface area (Å²) in [6.45, 7) is 1.67. The van der Waals surface area contributed by atoms with E-state index in [0.29, 0.717) is 24.5 Å². The predicted octanol–water partition coefficient (Wildman–Crippen LogP) is 3.38. The van der Waals surface area contributed by atoms with Crippen molar-refractivity contribution in [1.82, 2.24) is 4.90 Å². The lowest BCUT2D eigenvalue weighted by atomic mass is 10.1. The van der Waals surface area contributed by atoms with E-state index in [-0.39, 0.29) is 31.1 Å². The van der Waals surface area contributed by atoms with Crippen LogP contribution in [-0.4, -0.2) is 49.1 Å². The number of carbonyl (C=O) groups excluding carboxylic acids is 2. The lowest BCUT2D eigenvalue weighted by Gasteiger charge is -2.32. The maximum atomic E-state index is 13.3. The Labute approximate surface area is 178 Å². The molecule has 2 heterocycles. The lowest BCUT2D eigenvalue weighted by molar-refractivity contribution is -0.133. The summed E-state index contributed by atoms with van der Waals surface area (Å²) >= 11 is 3.41. The number of ether oxygens (including phenoxy) is 2. The molecular weight excluding hydrogens is 436 g/mol. The first-order valence-electron chi connectivity index (χ1n) is 9.76. The minimum absolute atomic E-state index is 0.0175. The van der Waals surface area contributed by atoms with Crippen LogP contribution in [0.5, 0.6) is 5.75 Å². The van der Waals surface area contributed by atoms with E-state index >= 15 is 0 Å². The number of amides is 2. The fourth-order valence-corrected chi connectivity index (χ4v) is 4.02. The number of anilines is 1. The highest BCUT2D eigenvalue weighted by Gasteiger charge is 2.30. The van der Waals surface area contributed by atoms with Crippen molar-refractivity contribution >= 4 is 33.4 Å². The first-order chi connectivity index (χ1) is 14.1. The average molecular weight is 459 g/mol. The number of benzene rings is 2. The van der Waals surface area contributed by atoms with Crippen molar-refractivity contribution in [2.24, 2.45) is 0 Å². The Morgan fingerprint density at radius 3 is 2.79 bits per heavy atom. The minimum Gasteiger partial charge on any atom is -0.482 e. The molecule has 7 heteroatoms. The minimum atomic E-state index is -0.218. The van der Waals surface area contributed by atoms with Crippen LogP contribution in [-0.2, 0) is 20.9 Å². The molecule has 0 saturated carbocycles. The third kappa shape index (κ3) is 4.79. The van der Waals surface area contributed by atoms with E-state index in [1.54, 1.807) is 11.0 Å². The van der Waals surface area contributed by atoms with Gasteiger partial charge in [-0.3, -0.25) is 14.5 Å². The number of carbonyl (C=O) groups is 2. The van der Waals surface area contributed by atoms with Gasteiger partial charge in [0.15, 0.2) is 6.61 Å². The van der Waals surface area contributed by atoms with Crippen LogP contribution >= 0.6 is 15.9 Å². The van der Waals surface area contributed by atoms with Crippen LogP contribution in [0.1, 0.15) is 18.4 Å². The van der Waals surface area contributed by atoms with Crippen LogP contribution in [0.3, 0.4) is 0 Å². The Balaban J connectivity index is 1.53. The first-order valence-corrected chi connectivity index (χ1v) is 10.6. The second-order valence-electron chi connectivity index (χ2n) is 7.28. The van der Waals surface area contributed by atoms with Gasteiger partial charge in [0.1, 0.15) is 12.3 Å². The van der Waals surface area contributed by atoms with Crippen molar-refractivity contribution in [3.63, 3.8) is 0 Å². The number of nitrogens with zero attached hydrogens (tertiary/aromatic N) is 2. The third-order valence-corrected chi connectivity index (χ3v) is 5.67. The largest absolute Gasteiger partial charge is 0.482 e. The van der Waals surface area contributed by atoms with Crippen LogP contribution in [0.25, 0.3) is 0 Å². The van der Waals surface area contributed by atoms with Crippen molar-refractivity contribution in [2.75, 3.05) is 31.2 Å². The number of rotatable bonds is 6. The molecule has 2 aliphatic rings. The highest BCUT2D eigenvalue weighted by molar-refractivity contribution is 9.10. The van der Waals surface area contributed by atoms with Gasteiger partial charge in [-0.2, -0.15) is 0 Å². The van der Waals surface area contributed by atoms with Gasteiger partial charge < -0.3 is 14.4 Å². The molecule has 2 aliphatic heterocycles. The number of hydrogen-bond donors (Lipinski definition) is 0. The van der Waals surface area contributed by atoms with E-state index in [1.165, 1.54) is 4.90 Å². The molecule has 6 nitrogen and oxygen atoms in total. The van der Waals surface area contributed by atoms with Crippen molar-refractivity contribution in [2.45, 2.75) is 25.5 Å². The van der Waals surface area contributed by atoms with E-state index < -0.39 is 0 Å². The van der Waals surface area contributed by atoms with E-state index in [0.717, 1.165) is 29.5 Å². The third-order valence-electron chi connectivity index (χ3n) is 5.18. The molecule has 0 N–H and O–H groups in total. The van der Waals surface area contributed by atoms with Crippen LogP contribution in [0.2, 0.25) is 0 Å². The van der Waals surface area contributed by atoms with Gasteiger partial charge in [-0.25, -0.2) is 0 Å². The van der Waals surface area contributed by atoms with Crippen molar-refractivity contribution in [3.8, 4) is 5.75 Å². The normalized spacial score (nSPS) is 18.3. The second kappa shape index (κ2) is 8.97. The Morgan fingerprint density at radius 2 is 2.03 bits per heavy atom. The Bertz CT molecular complexity index is 884. The summed E-state index contributed by atoms with van der Waals surface area (Å²) in [5.74, 6) is 0.277. The van der Waals surface area contributed by atoms with Gasteiger partial charge in [0.2, 0.25) is 5.91 Å². The quantitative estimate of drug-likeness (QED) is 0.665. The molecule has 152 valence electrons. The molecule has 2 aromatic rings. The maximum absolute atomic E-state index is 13.3. The summed E-state index contributed by atoms with van der Waals surface area (Å²) in [4.78, 5) is 29.1. The van der Waals surface area contributed by atoms with Gasteiger partial charge in [0.05, 0.1) is 11.8 Å². The summed E-state index contributed by atoms with van der Waals surface area (Å²) in [7, 11) is 0. The highest BCUT2D eigenvalue weighted by Crippen LogP contribution is 2.34. The molecule has 0 aliphatic carbocycles. The Hall–Kier alpha value is -2.38. The smallest absolute Gasteiger partial charge is 0.265 e. The van der Waals surface area contributed by atoms with Gasteiger partial charge in [0.25, 0.3) is 5.91 Å². The summed E-state index contributed by atoms with van der Waals surface area (Å²) in [5.41, 5.74) is 1.67. The molecule has 0 radical (unpaired) electrons. The Morgan fingerprint density at radius 1 is 1.21 bits per heavy atom. The summed E-state index contributed by atoms with van der Waals surface area (Å²) in [6, 6.07) is 15.3. The zero-order valence-corrected chi connectivity index (χ0v) is 17.6. The standard InChI is InChI=1S/C22H23BrN2O4/c23-17-8-9-19-20(11-17)29-15-22(27)25(19)14-21(26)24(13-18-7-4-10-28-18)12-16-5-2-1-3-6-16/h1-3,5-6,8-9,11,18H,4,7,10,12-15H2. The Kier molecular flexibility index (Phi) is 6.16. The molecule has 1 fully saturated rings. The van der Waals surface area contributed by atoms with E-state index in [2.05, 4.69) is 15.9 Å². The number of hydrogen-bond acceptors (Lipinski definition) is 4. The number of fused-ring (bicyclic) bond motifs is 1. The highest BCUT2D eigenvalue weighted by atomic mass is 79.9. The van der Waals surface area contributed by atoms with Gasteiger partial charge in [-0.1, -0.05) is 46.3 Å². The molecule has 2 aromatic carbocycles. The zero-order chi connectivity index (χ0) is 20.2. The van der Waals surface area contributed by atoms with Crippen molar-refractivity contribution in [1.29, 1.82) is 0 Å². The fourth-order valence-electron chi connectivity index (χ4n) is 3.68. The van der Waals surface area contributed by atoms with Crippen molar-refractivity contribution < 1.29 is 19.1 Å². The maximum Gasteiger partial charge on any atom is 0.265 e. The first kappa shape index (κ1) is 19.9. The van der Waals surface area contributed by atoms with E-state index in [1.807, 2.05) is 42.5 Å². The molecule has 1 unspecified atom stereocenters. The SMILES string of the molecule is O=C(CN1C(=O)COc2cc(Br)ccc21)N(Cc1ccccc1)CC1CCCO1. The fraction of sp³-hybridized carbons (Fsp3) is 0.364. The molecular formula is C22H23BrN2O4. The molecule has 1 atom stereocenters. The topological polar surface area (TPSA) is 59.1 Å². The van der Waals surface area contributed by atoms with Gasteiger partial charge in [0, 0.05) is 24.2 Å². The monoisotopic (exact) mass is 458 g/mol. The van der Waals surface area contributed by atoms with Gasteiger partial charge in [-0.15, -0.1) is 0 Å². The summed E-state index contributed by atoms with van der Waals surface area (Å²) in [5, 5.41) is 0. The van der Waals surface area contributed by atoms with Crippen LogP contribution in [0.15, 0.2) is 53.0 Å². The summed E-state index contributed by atoms with van der Waals surface area (Å²) < 4.78 is 12.1. The zero-order valence-electron chi connectivity index (χ0n) is 16.1. The molecule has 0 aromatic heterocycles. The number of halogens is 1. The molecule has 1 saturated heterocycles. The lowest BCUT2D eigenvalue weighted by Crippen LogP contribution is -2.47. The second-order valence-corrected chi connectivity index (χ2v) is 8.19. The van der Waals surface area contributed by atoms with E-state index in [9.17, 15) is 9.59 Å². The average Bonchev–Trinajstić information content (AvgIpc) is 3.23. The van der Waals surface area contributed by atoms with Gasteiger partial charge >= 0.3 is 0 Å². The molecule has 29 heavy (non-hydrogen) atoms. The van der Waals surface area contributed by atoms with Gasteiger partial charge in [-0.05, 0) is 36.6 Å². The van der Waals surface area contributed by atoms with Crippen LogP contribution in [0, 0.1) is 0 Å². The van der Waals surface area contributed by atoms with Crippen LogP contribution in [0.4, 0.5) is 5.69 Å². The molecule has 2 amide bonds. The van der Waals surface area contributed by atoms with Crippen molar-refractivity contribution in [3.05, 3.63) is 58.6 Å².